The van der Waals surface area contributed by atoms with E-state index in [-0.39, 0.29) is 17.5 Å². The fourth-order valence-corrected chi connectivity index (χ4v) is 3.34. The molecule has 1 amide bonds. The summed E-state index contributed by atoms with van der Waals surface area (Å²) < 4.78 is 13.8. The fraction of sp³-hybridized carbons (Fsp3) is 0.389. The minimum absolute atomic E-state index is 0.0286. The topological polar surface area (TPSA) is 72.1 Å². The van der Waals surface area contributed by atoms with Crippen molar-refractivity contribution in [3.8, 4) is 11.4 Å². The number of likely N-dealkylation sites (tertiary alicyclic amines) is 1. The normalized spacial score (nSPS) is 20.9. The van der Waals surface area contributed by atoms with Gasteiger partial charge in [-0.2, -0.15) is 0 Å². The van der Waals surface area contributed by atoms with E-state index in [0.29, 0.717) is 30.4 Å². The number of halogens is 1. The molecule has 2 heterocycles. The van der Waals surface area contributed by atoms with E-state index in [1.54, 1.807) is 29.4 Å². The Hall–Kier alpha value is -2.34. The third-order valence-electron chi connectivity index (χ3n) is 4.64. The minimum atomic E-state index is -0.451. The van der Waals surface area contributed by atoms with Crippen LogP contribution in [-0.2, 0) is 0 Å². The molecule has 1 saturated heterocycles. The largest absolute Gasteiger partial charge is 0.334 e. The minimum Gasteiger partial charge on any atom is -0.334 e. The van der Waals surface area contributed by atoms with Gasteiger partial charge in [-0.05, 0) is 43.0 Å². The zero-order chi connectivity index (χ0) is 17.1. The maximum atomic E-state index is 13.8. The highest BCUT2D eigenvalue weighted by molar-refractivity contribution is 6.00. The van der Waals surface area contributed by atoms with Gasteiger partial charge in [0.05, 0.1) is 5.56 Å². The van der Waals surface area contributed by atoms with Gasteiger partial charge in [0.2, 0.25) is 0 Å². The van der Waals surface area contributed by atoms with Gasteiger partial charge in [0.15, 0.2) is 5.82 Å². The number of rotatable bonds is 3. The number of benzene rings is 1. The van der Waals surface area contributed by atoms with Gasteiger partial charge in [0, 0.05) is 37.1 Å². The predicted octanol–water partition coefficient (Wildman–Crippen LogP) is 2.48. The molecule has 1 fully saturated rings. The second-order valence-electron chi connectivity index (χ2n) is 6.18. The van der Waals surface area contributed by atoms with Crippen LogP contribution in [0.25, 0.3) is 11.4 Å². The number of hydrogen-bond acceptors (Lipinski definition) is 4. The Labute approximate surface area is 140 Å². The molecule has 2 aromatic rings. The highest BCUT2D eigenvalue weighted by Crippen LogP contribution is 2.28. The first-order chi connectivity index (χ1) is 11.6. The van der Waals surface area contributed by atoms with Gasteiger partial charge in [-0.1, -0.05) is 6.92 Å². The summed E-state index contributed by atoms with van der Waals surface area (Å²) in [5.41, 5.74) is 6.71. The summed E-state index contributed by atoms with van der Waals surface area (Å²) in [6, 6.07) is 5.82. The van der Waals surface area contributed by atoms with E-state index in [4.69, 9.17) is 5.73 Å². The van der Waals surface area contributed by atoms with Gasteiger partial charge in [-0.15, -0.1) is 0 Å². The number of nitrogens with two attached hydrogens (primary N) is 1. The molecule has 1 aromatic carbocycles. The summed E-state index contributed by atoms with van der Waals surface area (Å²) in [4.78, 5) is 23.3. The van der Waals surface area contributed by atoms with Gasteiger partial charge < -0.3 is 10.6 Å². The molecule has 6 heteroatoms. The first kappa shape index (κ1) is 16.5. The van der Waals surface area contributed by atoms with Crippen LogP contribution >= 0.6 is 0 Å². The lowest BCUT2D eigenvalue weighted by Crippen LogP contribution is -2.51. The van der Waals surface area contributed by atoms with Gasteiger partial charge in [-0.25, -0.2) is 14.4 Å². The molecule has 2 atom stereocenters. The van der Waals surface area contributed by atoms with Gasteiger partial charge in [-0.3, -0.25) is 4.79 Å². The second kappa shape index (κ2) is 7.05. The molecule has 126 valence electrons. The van der Waals surface area contributed by atoms with Crippen LogP contribution in [0.5, 0.6) is 0 Å². The summed E-state index contributed by atoms with van der Waals surface area (Å²) in [5.74, 6) is 0.0826. The van der Waals surface area contributed by atoms with Crippen LogP contribution < -0.4 is 5.73 Å². The van der Waals surface area contributed by atoms with Crippen LogP contribution in [-0.4, -0.2) is 39.9 Å². The number of carbonyl (C=O) groups is 1. The first-order valence-corrected chi connectivity index (χ1v) is 8.19. The highest BCUT2D eigenvalue weighted by Gasteiger charge is 2.32. The Balaban J connectivity index is 2.02. The standard InChI is InChI=1S/C18H21FN4O/c1-12-4-2-9-23(16(12)11-20)18(24)15-10-13(19)5-6-14(15)17-21-7-3-8-22-17/h3,5-8,10,12,16H,2,4,9,11,20H2,1H3. The van der Waals surface area contributed by atoms with Crippen LogP contribution in [0.1, 0.15) is 30.1 Å². The van der Waals surface area contributed by atoms with E-state index >= 15 is 0 Å². The smallest absolute Gasteiger partial charge is 0.255 e. The van der Waals surface area contributed by atoms with Crippen molar-refractivity contribution < 1.29 is 9.18 Å². The molecule has 0 aliphatic carbocycles. The van der Waals surface area contributed by atoms with Crippen LogP contribution in [0, 0.1) is 11.7 Å². The number of piperidine rings is 1. The van der Waals surface area contributed by atoms with Crippen molar-refractivity contribution in [3.05, 3.63) is 48.0 Å². The lowest BCUT2D eigenvalue weighted by Gasteiger charge is -2.39. The van der Waals surface area contributed by atoms with Crippen molar-refractivity contribution >= 4 is 5.91 Å². The summed E-state index contributed by atoms with van der Waals surface area (Å²) >= 11 is 0. The third-order valence-corrected chi connectivity index (χ3v) is 4.64. The SMILES string of the molecule is CC1CCCN(C(=O)c2cc(F)ccc2-c2ncccn2)C1CN. The van der Waals surface area contributed by atoms with Gasteiger partial charge in [0.1, 0.15) is 5.82 Å². The van der Waals surface area contributed by atoms with Crippen molar-refractivity contribution in [3.63, 3.8) is 0 Å². The van der Waals surface area contributed by atoms with E-state index in [1.807, 2.05) is 0 Å². The zero-order valence-corrected chi connectivity index (χ0v) is 13.7. The number of amides is 1. The van der Waals surface area contributed by atoms with Crippen molar-refractivity contribution in [2.75, 3.05) is 13.1 Å². The molecule has 1 aromatic heterocycles. The van der Waals surface area contributed by atoms with E-state index in [1.165, 1.54) is 12.1 Å². The van der Waals surface area contributed by atoms with Crippen molar-refractivity contribution in [2.24, 2.45) is 11.7 Å². The summed E-state index contributed by atoms with van der Waals surface area (Å²) in [6.07, 6.45) is 5.18. The van der Waals surface area contributed by atoms with Crippen LogP contribution in [0.2, 0.25) is 0 Å². The lowest BCUT2D eigenvalue weighted by molar-refractivity contribution is 0.0533. The second-order valence-corrected chi connectivity index (χ2v) is 6.18. The van der Waals surface area contributed by atoms with Crippen molar-refractivity contribution in [2.45, 2.75) is 25.8 Å². The summed E-state index contributed by atoms with van der Waals surface area (Å²) in [6.45, 7) is 3.14. The molecule has 0 radical (unpaired) electrons. The highest BCUT2D eigenvalue weighted by atomic mass is 19.1. The Kier molecular flexibility index (Phi) is 4.85. The average molecular weight is 328 g/mol. The molecule has 2 N–H and O–H groups in total. The molecule has 3 rings (SSSR count). The summed E-state index contributed by atoms with van der Waals surface area (Å²) in [7, 11) is 0. The van der Waals surface area contributed by atoms with E-state index < -0.39 is 5.82 Å². The number of carbonyl (C=O) groups excluding carboxylic acids is 1. The predicted molar refractivity (Wildman–Crippen MR) is 89.7 cm³/mol. The Morgan fingerprint density at radius 3 is 2.83 bits per heavy atom. The van der Waals surface area contributed by atoms with Crippen molar-refractivity contribution in [1.82, 2.24) is 14.9 Å². The lowest BCUT2D eigenvalue weighted by atomic mass is 9.90. The Morgan fingerprint density at radius 1 is 1.38 bits per heavy atom. The molecular weight excluding hydrogens is 307 g/mol. The number of aromatic nitrogens is 2. The van der Waals surface area contributed by atoms with E-state index in [2.05, 4.69) is 16.9 Å². The van der Waals surface area contributed by atoms with Gasteiger partial charge in [0.25, 0.3) is 5.91 Å². The number of hydrogen-bond donors (Lipinski definition) is 1. The first-order valence-electron chi connectivity index (χ1n) is 8.19. The molecule has 0 saturated carbocycles. The zero-order valence-electron chi connectivity index (χ0n) is 13.7. The maximum Gasteiger partial charge on any atom is 0.255 e. The fourth-order valence-electron chi connectivity index (χ4n) is 3.34. The molecular formula is C18H21FN4O. The molecule has 1 aliphatic rings. The third kappa shape index (κ3) is 3.14. The molecule has 0 bridgehead atoms. The van der Waals surface area contributed by atoms with Crippen LogP contribution in [0.15, 0.2) is 36.7 Å². The molecule has 2 unspecified atom stereocenters. The van der Waals surface area contributed by atoms with E-state index in [9.17, 15) is 9.18 Å². The molecule has 1 aliphatic heterocycles. The van der Waals surface area contributed by atoms with Crippen molar-refractivity contribution in [1.29, 1.82) is 0 Å². The molecule has 0 spiro atoms. The van der Waals surface area contributed by atoms with E-state index in [0.717, 1.165) is 12.8 Å². The molecule has 24 heavy (non-hydrogen) atoms. The average Bonchev–Trinajstić information content (AvgIpc) is 2.61. The monoisotopic (exact) mass is 328 g/mol. The Morgan fingerprint density at radius 2 is 2.12 bits per heavy atom. The quantitative estimate of drug-likeness (QED) is 0.939. The van der Waals surface area contributed by atoms with Crippen LogP contribution in [0.4, 0.5) is 4.39 Å². The van der Waals surface area contributed by atoms with Crippen LogP contribution in [0.3, 0.4) is 0 Å². The summed E-state index contributed by atoms with van der Waals surface area (Å²) in [5, 5.41) is 0. The maximum absolute atomic E-state index is 13.8. The van der Waals surface area contributed by atoms with Gasteiger partial charge >= 0.3 is 0 Å². The molecule has 5 nitrogen and oxygen atoms in total. The Bertz CT molecular complexity index is 722. The number of nitrogens with zero attached hydrogens (tertiary/aromatic N) is 3.